The maximum Gasteiger partial charge on any atom is 0.224 e. The van der Waals surface area contributed by atoms with Crippen molar-refractivity contribution in [3.8, 4) is 0 Å². The monoisotopic (exact) mass is 314 g/mol. The highest BCUT2D eigenvalue weighted by atomic mass is 79.9. The molecule has 1 saturated carbocycles. The number of hydrogen-bond acceptors (Lipinski definition) is 2. The van der Waals surface area contributed by atoms with Gasteiger partial charge in [-0.15, -0.1) is 0 Å². The van der Waals surface area contributed by atoms with Gasteiger partial charge in [-0.1, -0.05) is 6.42 Å². The van der Waals surface area contributed by atoms with E-state index in [1.807, 2.05) is 0 Å². The van der Waals surface area contributed by atoms with E-state index >= 15 is 0 Å². The highest BCUT2D eigenvalue weighted by Crippen LogP contribution is 2.27. The lowest BCUT2D eigenvalue weighted by atomic mass is 10.00. The molecule has 0 bridgehead atoms. The standard InChI is InChI=1S/C13H16BrFN2O/c14-10-7-9(4-5-11(10)15)17-13(18)6-8-2-1-3-12(8)16/h4-5,7-8,12H,1-3,6,16H2,(H,17,18)/t8-,12+/m0/s1. The van der Waals surface area contributed by atoms with Gasteiger partial charge in [-0.3, -0.25) is 4.79 Å². The number of carbonyl (C=O) groups is 1. The molecule has 1 aromatic carbocycles. The second-order valence-electron chi connectivity index (χ2n) is 4.74. The molecule has 0 aliphatic heterocycles. The summed E-state index contributed by atoms with van der Waals surface area (Å²) in [4.78, 5) is 11.8. The molecule has 1 amide bonds. The van der Waals surface area contributed by atoms with Crippen LogP contribution in [0.5, 0.6) is 0 Å². The molecule has 98 valence electrons. The van der Waals surface area contributed by atoms with Gasteiger partial charge in [-0.2, -0.15) is 0 Å². The number of amides is 1. The van der Waals surface area contributed by atoms with Crippen LogP contribution in [0.25, 0.3) is 0 Å². The van der Waals surface area contributed by atoms with Crippen LogP contribution in [0.3, 0.4) is 0 Å². The maximum atomic E-state index is 13.0. The van der Waals surface area contributed by atoms with Crippen molar-refractivity contribution in [3.63, 3.8) is 0 Å². The number of nitrogens with two attached hydrogens (primary N) is 1. The van der Waals surface area contributed by atoms with Gasteiger partial charge >= 0.3 is 0 Å². The van der Waals surface area contributed by atoms with Crippen LogP contribution in [-0.2, 0) is 4.79 Å². The molecule has 3 N–H and O–H groups in total. The first kappa shape index (κ1) is 13.5. The summed E-state index contributed by atoms with van der Waals surface area (Å²) in [5, 5.41) is 2.77. The lowest BCUT2D eigenvalue weighted by Crippen LogP contribution is -2.28. The van der Waals surface area contributed by atoms with E-state index in [0.717, 1.165) is 19.3 Å². The largest absolute Gasteiger partial charge is 0.327 e. The van der Waals surface area contributed by atoms with Crippen molar-refractivity contribution < 1.29 is 9.18 Å². The normalized spacial score (nSPS) is 23.1. The van der Waals surface area contributed by atoms with Crippen molar-refractivity contribution >= 4 is 27.5 Å². The topological polar surface area (TPSA) is 55.1 Å². The van der Waals surface area contributed by atoms with Crippen LogP contribution in [-0.4, -0.2) is 11.9 Å². The minimum Gasteiger partial charge on any atom is -0.327 e. The number of benzene rings is 1. The van der Waals surface area contributed by atoms with Crippen molar-refractivity contribution in [2.75, 3.05) is 5.32 Å². The Morgan fingerprint density at radius 1 is 1.50 bits per heavy atom. The van der Waals surface area contributed by atoms with E-state index < -0.39 is 0 Å². The molecule has 0 unspecified atom stereocenters. The maximum absolute atomic E-state index is 13.0. The average Bonchev–Trinajstić information content (AvgIpc) is 2.70. The van der Waals surface area contributed by atoms with E-state index in [4.69, 9.17) is 5.73 Å². The number of anilines is 1. The minimum atomic E-state index is -0.342. The van der Waals surface area contributed by atoms with Crippen molar-refractivity contribution in [2.24, 2.45) is 11.7 Å². The molecular formula is C13H16BrFN2O. The molecule has 1 aliphatic rings. The smallest absolute Gasteiger partial charge is 0.224 e. The summed E-state index contributed by atoms with van der Waals surface area (Å²) in [7, 11) is 0. The molecule has 0 saturated heterocycles. The fourth-order valence-electron chi connectivity index (χ4n) is 2.34. The zero-order valence-corrected chi connectivity index (χ0v) is 11.5. The summed E-state index contributed by atoms with van der Waals surface area (Å²) in [6.45, 7) is 0. The summed E-state index contributed by atoms with van der Waals surface area (Å²) in [5.74, 6) is -0.129. The zero-order valence-electron chi connectivity index (χ0n) is 9.96. The molecule has 0 spiro atoms. The van der Waals surface area contributed by atoms with Crippen LogP contribution in [0.1, 0.15) is 25.7 Å². The fraction of sp³-hybridized carbons (Fsp3) is 0.462. The molecule has 1 aromatic rings. The summed E-state index contributed by atoms with van der Waals surface area (Å²) in [6, 6.07) is 4.56. The lowest BCUT2D eigenvalue weighted by molar-refractivity contribution is -0.117. The molecule has 1 aliphatic carbocycles. The summed E-state index contributed by atoms with van der Waals surface area (Å²) >= 11 is 3.09. The van der Waals surface area contributed by atoms with Crippen LogP contribution < -0.4 is 11.1 Å². The first-order chi connectivity index (χ1) is 8.56. The number of nitrogens with one attached hydrogen (secondary N) is 1. The van der Waals surface area contributed by atoms with Gasteiger partial charge in [0, 0.05) is 18.2 Å². The molecule has 0 heterocycles. The molecule has 1 fully saturated rings. The third-order valence-corrected chi connectivity index (χ3v) is 3.98. The Morgan fingerprint density at radius 2 is 2.28 bits per heavy atom. The van der Waals surface area contributed by atoms with Gasteiger partial charge in [0.1, 0.15) is 5.82 Å². The first-order valence-electron chi connectivity index (χ1n) is 6.07. The summed E-state index contributed by atoms with van der Waals surface area (Å²) in [6.07, 6.45) is 3.55. The van der Waals surface area contributed by atoms with Crippen molar-refractivity contribution in [1.82, 2.24) is 0 Å². The third kappa shape index (κ3) is 3.29. The molecule has 0 radical (unpaired) electrons. The van der Waals surface area contributed by atoms with Gasteiger partial charge in [-0.05, 0) is 52.9 Å². The average molecular weight is 315 g/mol. The molecule has 0 aromatic heterocycles. The van der Waals surface area contributed by atoms with E-state index in [0.29, 0.717) is 16.6 Å². The van der Waals surface area contributed by atoms with Gasteiger partial charge in [0.25, 0.3) is 0 Å². The van der Waals surface area contributed by atoms with Crippen LogP contribution in [0.4, 0.5) is 10.1 Å². The Kier molecular flexibility index (Phi) is 4.35. The molecule has 3 nitrogen and oxygen atoms in total. The van der Waals surface area contributed by atoms with Crippen molar-refractivity contribution in [2.45, 2.75) is 31.7 Å². The van der Waals surface area contributed by atoms with Crippen LogP contribution >= 0.6 is 15.9 Å². The number of rotatable bonds is 3. The molecule has 5 heteroatoms. The second-order valence-corrected chi connectivity index (χ2v) is 5.59. The number of halogens is 2. The highest BCUT2D eigenvalue weighted by Gasteiger charge is 2.25. The van der Waals surface area contributed by atoms with Crippen molar-refractivity contribution in [1.29, 1.82) is 0 Å². The molecule has 2 rings (SSSR count). The third-order valence-electron chi connectivity index (χ3n) is 3.37. The lowest BCUT2D eigenvalue weighted by Gasteiger charge is -2.14. The minimum absolute atomic E-state index is 0.0594. The van der Waals surface area contributed by atoms with Crippen LogP contribution in [0.2, 0.25) is 0 Å². The van der Waals surface area contributed by atoms with E-state index in [1.165, 1.54) is 6.07 Å². The van der Waals surface area contributed by atoms with E-state index in [9.17, 15) is 9.18 Å². The Labute approximate surface area is 114 Å². The number of carbonyl (C=O) groups excluding carboxylic acids is 1. The van der Waals surface area contributed by atoms with E-state index in [-0.39, 0.29) is 23.7 Å². The first-order valence-corrected chi connectivity index (χ1v) is 6.86. The van der Waals surface area contributed by atoms with Crippen LogP contribution in [0.15, 0.2) is 22.7 Å². The van der Waals surface area contributed by atoms with Gasteiger partial charge in [0.05, 0.1) is 4.47 Å². The summed E-state index contributed by atoms with van der Waals surface area (Å²) < 4.78 is 13.4. The number of hydrogen-bond donors (Lipinski definition) is 2. The predicted molar refractivity (Wildman–Crippen MR) is 72.7 cm³/mol. The Morgan fingerprint density at radius 3 is 2.89 bits per heavy atom. The van der Waals surface area contributed by atoms with Crippen LogP contribution in [0, 0.1) is 11.7 Å². The van der Waals surface area contributed by atoms with Gasteiger partial charge in [-0.25, -0.2) is 4.39 Å². The molecule has 2 atom stereocenters. The van der Waals surface area contributed by atoms with E-state index in [2.05, 4.69) is 21.2 Å². The molecular weight excluding hydrogens is 299 g/mol. The van der Waals surface area contributed by atoms with Crippen molar-refractivity contribution in [3.05, 3.63) is 28.5 Å². The highest BCUT2D eigenvalue weighted by molar-refractivity contribution is 9.10. The predicted octanol–water partition coefficient (Wildman–Crippen LogP) is 3.04. The molecule has 18 heavy (non-hydrogen) atoms. The van der Waals surface area contributed by atoms with Gasteiger partial charge < -0.3 is 11.1 Å². The quantitative estimate of drug-likeness (QED) is 0.901. The van der Waals surface area contributed by atoms with Gasteiger partial charge in [0.2, 0.25) is 5.91 Å². The summed E-state index contributed by atoms with van der Waals surface area (Å²) in [5.41, 5.74) is 6.52. The van der Waals surface area contributed by atoms with E-state index in [1.54, 1.807) is 12.1 Å². The fourth-order valence-corrected chi connectivity index (χ4v) is 2.72. The SMILES string of the molecule is N[C@@H]1CCC[C@H]1CC(=O)Nc1ccc(F)c(Br)c1. The zero-order chi connectivity index (χ0) is 13.1. The Balaban J connectivity index is 1.92. The second kappa shape index (κ2) is 5.80. The van der Waals surface area contributed by atoms with Gasteiger partial charge in [0.15, 0.2) is 0 Å². The Bertz CT molecular complexity index is 453. The Hall–Kier alpha value is -0.940.